The second-order valence-electron chi connectivity index (χ2n) is 5.81. The molecule has 1 amide bonds. The van der Waals surface area contributed by atoms with E-state index in [0.29, 0.717) is 18.6 Å². The molecule has 0 radical (unpaired) electrons. The van der Waals surface area contributed by atoms with Gasteiger partial charge in [-0.15, -0.1) is 0 Å². The van der Waals surface area contributed by atoms with Gasteiger partial charge < -0.3 is 9.57 Å². The Balaban J connectivity index is 2.22. The van der Waals surface area contributed by atoms with Gasteiger partial charge in [-0.2, -0.15) is 5.06 Å². The van der Waals surface area contributed by atoms with Gasteiger partial charge >= 0.3 is 5.97 Å². The van der Waals surface area contributed by atoms with Crippen molar-refractivity contribution < 1.29 is 19.2 Å². The molecule has 2 aromatic rings. The van der Waals surface area contributed by atoms with Crippen molar-refractivity contribution in [2.24, 2.45) is 5.92 Å². The van der Waals surface area contributed by atoms with Crippen LogP contribution in [0.2, 0.25) is 0 Å². The molecule has 1 atom stereocenters. The highest BCUT2D eigenvalue weighted by molar-refractivity contribution is 5.80. The maximum absolute atomic E-state index is 12.2. The van der Waals surface area contributed by atoms with Gasteiger partial charge in [-0.05, 0) is 43.5 Å². The van der Waals surface area contributed by atoms with E-state index < -0.39 is 12.0 Å². The number of fused-ring (bicyclic) bond motifs is 1. The highest BCUT2D eigenvalue weighted by Gasteiger charge is 2.29. The molecule has 0 unspecified atom stereocenters. The minimum Gasteiger partial charge on any atom is -0.464 e. The van der Waals surface area contributed by atoms with E-state index >= 15 is 0 Å². The second-order valence-corrected chi connectivity index (χ2v) is 5.81. The van der Waals surface area contributed by atoms with Crippen molar-refractivity contribution in [1.29, 1.82) is 0 Å². The predicted octanol–water partition coefficient (Wildman–Crippen LogP) is 2.96. The molecule has 1 aromatic heterocycles. The maximum Gasteiger partial charge on any atom is 0.332 e. The molecule has 6 nitrogen and oxygen atoms in total. The van der Waals surface area contributed by atoms with Gasteiger partial charge in [-0.1, -0.05) is 19.9 Å². The number of benzene rings is 1. The molecule has 2 rings (SSSR count). The second kappa shape index (κ2) is 8.29. The van der Waals surface area contributed by atoms with Crippen LogP contribution in [0.15, 0.2) is 36.5 Å². The van der Waals surface area contributed by atoms with Gasteiger partial charge in [0.2, 0.25) is 6.41 Å². The highest BCUT2D eigenvalue weighted by atomic mass is 16.7. The molecule has 0 spiro atoms. The first-order valence-electron chi connectivity index (χ1n) is 7.98. The molecule has 6 heteroatoms. The first kappa shape index (κ1) is 17.7. The fourth-order valence-corrected chi connectivity index (χ4v) is 2.38. The van der Waals surface area contributed by atoms with Crippen LogP contribution < -0.4 is 4.84 Å². The van der Waals surface area contributed by atoms with Crippen LogP contribution in [0, 0.1) is 5.92 Å². The number of pyridine rings is 1. The van der Waals surface area contributed by atoms with Crippen LogP contribution in [-0.4, -0.2) is 35.1 Å². The lowest BCUT2D eigenvalue weighted by atomic mass is 10.0. The third-order valence-electron chi connectivity index (χ3n) is 3.45. The van der Waals surface area contributed by atoms with E-state index in [0.717, 1.165) is 16.0 Å². The molecule has 1 heterocycles. The van der Waals surface area contributed by atoms with Gasteiger partial charge in [0.15, 0.2) is 11.8 Å². The van der Waals surface area contributed by atoms with Crippen molar-refractivity contribution >= 4 is 23.3 Å². The zero-order valence-electron chi connectivity index (χ0n) is 14.1. The largest absolute Gasteiger partial charge is 0.464 e. The highest BCUT2D eigenvalue weighted by Crippen LogP contribution is 2.21. The van der Waals surface area contributed by atoms with Crippen LogP contribution in [0.4, 0.5) is 0 Å². The quantitative estimate of drug-likeness (QED) is 0.423. The Morgan fingerprint density at radius 2 is 2.12 bits per heavy atom. The van der Waals surface area contributed by atoms with E-state index in [4.69, 9.17) is 9.57 Å². The number of hydroxylamine groups is 2. The zero-order chi connectivity index (χ0) is 17.5. The molecule has 0 N–H and O–H groups in total. The van der Waals surface area contributed by atoms with E-state index in [1.165, 1.54) is 0 Å². The predicted molar refractivity (Wildman–Crippen MR) is 90.2 cm³/mol. The molecule has 0 saturated heterocycles. The molecule has 0 aliphatic rings. The summed E-state index contributed by atoms with van der Waals surface area (Å²) in [5.74, 6) is 0.188. The Labute approximate surface area is 141 Å². The Bertz CT molecular complexity index is 702. The molecule has 0 saturated carbocycles. The van der Waals surface area contributed by atoms with Crippen molar-refractivity contribution in [2.45, 2.75) is 33.2 Å². The van der Waals surface area contributed by atoms with Gasteiger partial charge in [-0.25, -0.2) is 4.79 Å². The summed E-state index contributed by atoms with van der Waals surface area (Å²) in [6, 6.07) is 8.23. The van der Waals surface area contributed by atoms with Crippen molar-refractivity contribution in [3.8, 4) is 5.75 Å². The first-order valence-corrected chi connectivity index (χ1v) is 7.98. The van der Waals surface area contributed by atoms with Crippen LogP contribution >= 0.6 is 0 Å². The number of hydrogen-bond acceptors (Lipinski definition) is 5. The number of ether oxygens (including phenoxy) is 1. The zero-order valence-corrected chi connectivity index (χ0v) is 14.1. The summed E-state index contributed by atoms with van der Waals surface area (Å²) in [7, 11) is 0. The third-order valence-corrected chi connectivity index (χ3v) is 3.45. The minimum atomic E-state index is -0.785. The fraction of sp³-hybridized carbons (Fsp3) is 0.389. The SMILES string of the molecule is CCOC(=O)[C@H](CC(C)C)N(C=O)Oc1ccc2ncccc2c1. The average molecular weight is 330 g/mol. The van der Waals surface area contributed by atoms with Gasteiger partial charge in [0, 0.05) is 11.6 Å². The molecule has 0 bridgehead atoms. The molecule has 0 aliphatic heterocycles. The van der Waals surface area contributed by atoms with Crippen LogP contribution in [0.1, 0.15) is 27.2 Å². The summed E-state index contributed by atoms with van der Waals surface area (Å²) in [5.41, 5.74) is 0.826. The summed E-state index contributed by atoms with van der Waals surface area (Å²) in [4.78, 5) is 33.5. The summed E-state index contributed by atoms with van der Waals surface area (Å²) in [6.45, 7) is 5.92. The summed E-state index contributed by atoms with van der Waals surface area (Å²) in [5, 5.41) is 1.91. The minimum absolute atomic E-state index is 0.200. The van der Waals surface area contributed by atoms with E-state index in [9.17, 15) is 9.59 Å². The molecule has 1 aromatic carbocycles. The number of amides is 1. The molecule has 0 fully saturated rings. The lowest BCUT2D eigenvalue weighted by Gasteiger charge is -2.27. The number of nitrogens with zero attached hydrogens (tertiary/aromatic N) is 2. The number of carbonyl (C=O) groups is 2. The third kappa shape index (κ3) is 4.44. The molecule has 24 heavy (non-hydrogen) atoms. The van der Waals surface area contributed by atoms with Crippen LogP contribution in [0.5, 0.6) is 5.75 Å². The Hall–Kier alpha value is -2.63. The topological polar surface area (TPSA) is 68.7 Å². The number of aromatic nitrogens is 1. The molecule has 128 valence electrons. The van der Waals surface area contributed by atoms with E-state index in [1.807, 2.05) is 26.0 Å². The summed E-state index contributed by atoms with van der Waals surface area (Å²) in [6.07, 6.45) is 2.67. The lowest BCUT2D eigenvalue weighted by Crippen LogP contribution is -2.44. The Morgan fingerprint density at radius 3 is 2.79 bits per heavy atom. The summed E-state index contributed by atoms with van der Waals surface area (Å²) >= 11 is 0. The van der Waals surface area contributed by atoms with Crippen LogP contribution in [-0.2, 0) is 14.3 Å². The van der Waals surface area contributed by atoms with Crippen molar-refractivity contribution in [3.63, 3.8) is 0 Å². The standard InChI is InChI=1S/C18H22N2O4/c1-4-23-18(22)17(10-13(2)3)20(12-21)24-15-7-8-16-14(11-15)6-5-9-19-16/h5-9,11-13,17H,4,10H2,1-3H3/t17-/m0/s1. The van der Waals surface area contributed by atoms with Crippen LogP contribution in [0.25, 0.3) is 10.9 Å². The molecular formula is C18H22N2O4. The molecular weight excluding hydrogens is 308 g/mol. The lowest BCUT2D eigenvalue weighted by molar-refractivity contribution is -0.173. The van der Waals surface area contributed by atoms with Gasteiger partial charge in [0.25, 0.3) is 0 Å². The Morgan fingerprint density at radius 1 is 1.33 bits per heavy atom. The Kier molecular flexibility index (Phi) is 6.12. The number of hydrogen-bond donors (Lipinski definition) is 0. The van der Waals surface area contributed by atoms with Crippen molar-refractivity contribution in [2.75, 3.05) is 6.61 Å². The number of esters is 1. The monoisotopic (exact) mass is 330 g/mol. The number of carbonyl (C=O) groups excluding carboxylic acids is 2. The smallest absolute Gasteiger partial charge is 0.332 e. The normalized spacial score (nSPS) is 12.0. The van der Waals surface area contributed by atoms with Crippen LogP contribution in [0.3, 0.4) is 0 Å². The average Bonchev–Trinajstić information content (AvgIpc) is 2.57. The fourth-order valence-electron chi connectivity index (χ4n) is 2.38. The maximum atomic E-state index is 12.2. The van der Waals surface area contributed by atoms with E-state index in [1.54, 1.807) is 31.3 Å². The number of rotatable bonds is 8. The summed E-state index contributed by atoms with van der Waals surface area (Å²) < 4.78 is 5.07. The van der Waals surface area contributed by atoms with Gasteiger partial charge in [0.05, 0.1) is 12.1 Å². The van der Waals surface area contributed by atoms with E-state index in [-0.39, 0.29) is 12.5 Å². The van der Waals surface area contributed by atoms with E-state index in [2.05, 4.69) is 4.98 Å². The van der Waals surface area contributed by atoms with Gasteiger partial charge in [0.1, 0.15) is 0 Å². The van der Waals surface area contributed by atoms with Crippen molar-refractivity contribution in [3.05, 3.63) is 36.5 Å². The van der Waals surface area contributed by atoms with Gasteiger partial charge in [-0.3, -0.25) is 9.78 Å². The first-order chi connectivity index (χ1) is 11.5. The van der Waals surface area contributed by atoms with Crippen molar-refractivity contribution in [1.82, 2.24) is 10.0 Å². The molecule has 0 aliphatic carbocycles.